The predicted octanol–water partition coefficient (Wildman–Crippen LogP) is 4.05. The largest absolute Gasteiger partial charge is 0.487 e. The topological polar surface area (TPSA) is 181 Å². The molecule has 2 aliphatic heterocycles. The van der Waals surface area contributed by atoms with Gasteiger partial charge in [0.2, 0.25) is 6.43 Å². The maximum atomic E-state index is 16.3. The van der Waals surface area contributed by atoms with Crippen LogP contribution < -0.4 is 24.8 Å². The minimum atomic E-state index is -4.50. The number of hydrogen-bond acceptors (Lipinski definition) is 8. The van der Waals surface area contributed by atoms with Crippen molar-refractivity contribution in [3.05, 3.63) is 53.3 Å². The van der Waals surface area contributed by atoms with E-state index in [0.717, 1.165) is 15.9 Å². The minimum absolute atomic E-state index is 0. The van der Waals surface area contributed by atoms with Crippen molar-refractivity contribution >= 4 is 39.7 Å². The zero-order valence-corrected chi connectivity index (χ0v) is 25.1. The van der Waals surface area contributed by atoms with Gasteiger partial charge in [0.1, 0.15) is 30.2 Å². The molecule has 0 bridgehead atoms. The maximum absolute atomic E-state index is 16.3. The number of fused-ring (bicyclic) bond motifs is 1. The first kappa shape index (κ1) is 34.2. The molecular formula is C27H34F3N5O8S. The number of hydrogen-bond donors (Lipinski definition) is 3. The van der Waals surface area contributed by atoms with Crippen LogP contribution in [-0.4, -0.2) is 74.2 Å². The van der Waals surface area contributed by atoms with Gasteiger partial charge in [0.05, 0.1) is 11.7 Å². The van der Waals surface area contributed by atoms with Crippen LogP contribution >= 0.6 is 0 Å². The van der Waals surface area contributed by atoms with Crippen molar-refractivity contribution in [1.29, 1.82) is 0 Å². The lowest BCUT2D eigenvalue weighted by molar-refractivity contribution is -0.117. The van der Waals surface area contributed by atoms with Crippen LogP contribution in [0.3, 0.4) is 0 Å². The van der Waals surface area contributed by atoms with Crippen LogP contribution in [0.2, 0.25) is 0 Å². The summed E-state index contributed by atoms with van der Waals surface area (Å²) in [6.45, 7) is 2.93. The summed E-state index contributed by atoms with van der Waals surface area (Å²) in [5.74, 6) is -2.41. The molecule has 0 unspecified atom stereocenters. The van der Waals surface area contributed by atoms with E-state index in [1.54, 1.807) is 55.8 Å². The van der Waals surface area contributed by atoms with Gasteiger partial charge in [0.15, 0.2) is 5.82 Å². The molecule has 13 nitrogen and oxygen atoms in total. The molecule has 1 atom stereocenters. The van der Waals surface area contributed by atoms with Crippen molar-refractivity contribution in [2.75, 3.05) is 28.8 Å². The molecule has 0 spiro atoms. The van der Waals surface area contributed by atoms with E-state index in [-0.39, 0.29) is 36.2 Å². The Morgan fingerprint density at radius 2 is 1.86 bits per heavy atom. The van der Waals surface area contributed by atoms with E-state index in [9.17, 15) is 36.7 Å². The number of ether oxygens (including phenoxy) is 2. The van der Waals surface area contributed by atoms with E-state index < -0.39 is 83.9 Å². The highest BCUT2D eigenvalue weighted by Crippen LogP contribution is 2.45. The van der Waals surface area contributed by atoms with E-state index in [0.29, 0.717) is 9.87 Å². The minimum Gasteiger partial charge on any atom is -0.487 e. The molecule has 3 amide bonds. The first-order valence-corrected chi connectivity index (χ1v) is 14.6. The highest BCUT2D eigenvalue weighted by Gasteiger charge is 2.44. The van der Waals surface area contributed by atoms with Crippen LogP contribution in [0.5, 0.6) is 5.75 Å². The van der Waals surface area contributed by atoms with Gasteiger partial charge in [-0.2, -0.15) is 8.42 Å². The number of anilines is 2. The first-order valence-electron chi connectivity index (χ1n) is 13.2. The Kier molecular flexibility index (Phi) is 10.3. The number of rotatable bonds is 9. The van der Waals surface area contributed by atoms with E-state index in [4.69, 9.17) is 9.47 Å². The number of nitrogens with one attached hydrogen (secondary N) is 1. The third-order valence-electron chi connectivity index (χ3n) is 6.56. The number of carboxylic acid groups (broad SMARTS) is 1. The van der Waals surface area contributed by atoms with Gasteiger partial charge in [-0.15, -0.1) is 0 Å². The molecule has 2 aliphatic rings. The van der Waals surface area contributed by atoms with E-state index >= 15 is 4.39 Å². The summed E-state index contributed by atoms with van der Waals surface area (Å²) in [6.07, 6.45) is -6.31. The fourth-order valence-electron chi connectivity index (χ4n) is 4.80. The van der Waals surface area contributed by atoms with Crippen LogP contribution in [0.25, 0.3) is 0 Å². The summed E-state index contributed by atoms with van der Waals surface area (Å²) in [7, 11) is -4.50. The zero-order chi connectivity index (χ0) is 31.7. The Morgan fingerprint density at radius 3 is 2.41 bits per heavy atom. The van der Waals surface area contributed by atoms with Gasteiger partial charge >= 0.3 is 22.4 Å². The predicted molar refractivity (Wildman–Crippen MR) is 153 cm³/mol. The molecule has 2 aromatic rings. The Labute approximate surface area is 252 Å². The van der Waals surface area contributed by atoms with Crippen LogP contribution in [0.15, 0.2) is 36.4 Å². The van der Waals surface area contributed by atoms with Gasteiger partial charge in [0.25, 0.3) is 5.91 Å². The number of carbonyl (C=O) groups is 3. The Hall–Kier alpha value is -4.25. The maximum Gasteiger partial charge on any atom is 0.412 e. The number of amides is 3. The summed E-state index contributed by atoms with van der Waals surface area (Å²) >= 11 is 0. The zero-order valence-electron chi connectivity index (χ0n) is 24.3. The molecule has 0 radical (unpaired) electrons. The highest BCUT2D eigenvalue weighted by atomic mass is 32.2. The van der Waals surface area contributed by atoms with Crippen molar-refractivity contribution < 1.29 is 50.6 Å². The summed E-state index contributed by atoms with van der Waals surface area (Å²) < 4.78 is 81.2. The van der Waals surface area contributed by atoms with Crippen LogP contribution in [0.1, 0.15) is 38.3 Å². The average Bonchev–Trinajstić information content (AvgIpc) is 3.39. The number of alkyl halides is 2. The normalized spacial score (nSPS) is 17.2. The molecule has 5 N–H and O–H groups in total. The molecule has 1 fully saturated rings. The Balaban J connectivity index is 0.00000529. The Bertz CT molecular complexity index is 1510. The van der Waals surface area contributed by atoms with Gasteiger partial charge in [-0.25, -0.2) is 31.8 Å². The summed E-state index contributed by atoms with van der Waals surface area (Å²) in [6, 6.07) is 8.59. The molecule has 1 saturated heterocycles. The second-order valence-electron chi connectivity index (χ2n) is 11.0. The molecule has 0 aromatic heterocycles. The first-order chi connectivity index (χ1) is 20.1. The standard InChI is InChI=1S/C27H31F3N4O8S.H3N/c1-27(2,3)42-26(38)32(10-9-21(28)29)13-17-11-18-19(34(17)25(36)37)12-20(41-15-16-7-5-4-6-8-16)24(23(18)30)33-14-22(35)31-43(33,39)40;/h4-8,12,17,21H,9-11,13-15H2,1-3H3,(H,31,35)(H,36,37);1H3/t17-;/m1./s1. The second kappa shape index (κ2) is 13.2. The molecule has 44 heavy (non-hydrogen) atoms. The molecule has 2 heterocycles. The van der Waals surface area contributed by atoms with E-state index in [1.165, 1.54) is 0 Å². The molecule has 2 aromatic carbocycles. The summed E-state index contributed by atoms with van der Waals surface area (Å²) in [4.78, 5) is 39.0. The highest BCUT2D eigenvalue weighted by molar-refractivity contribution is 7.92. The Morgan fingerprint density at radius 1 is 1.20 bits per heavy atom. The number of nitrogens with zero attached hydrogens (tertiary/aromatic N) is 3. The van der Waals surface area contributed by atoms with Crippen LogP contribution in [-0.2, 0) is 32.8 Å². The van der Waals surface area contributed by atoms with Gasteiger partial charge in [-0.1, -0.05) is 30.3 Å². The number of halogens is 3. The van der Waals surface area contributed by atoms with Crippen LogP contribution in [0.4, 0.5) is 34.1 Å². The van der Waals surface area contributed by atoms with Crippen molar-refractivity contribution in [1.82, 2.24) is 15.8 Å². The van der Waals surface area contributed by atoms with Gasteiger partial charge in [-0.05, 0) is 26.3 Å². The quantitative estimate of drug-likeness (QED) is 0.363. The third kappa shape index (κ3) is 7.63. The molecular weight excluding hydrogens is 611 g/mol. The number of benzene rings is 2. The van der Waals surface area contributed by atoms with Crippen molar-refractivity contribution in [3.63, 3.8) is 0 Å². The van der Waals surface area contributed by atoms with Gasteiger partial charge < -0.3 is 25.6 Å². The fourth-order valence-corrected chi connectivity index (χ4v) is 5.96. The van der Waals surface area contributed by atoms with Crippen molar-refractivity contribution in [3.8, 4) is 5.75 Å². The SMILES string of the molecule is CC(C)(C)OC(=O)N(CCC(F)F)C[C@H]1Cc2c(cc(OCc3ccccc3)c(N3CC(=O)NS3(=O)=O)c2F)N1C(=O)O.N. The molecule has 0 aliphatic carbocycles. The molecule has 0 saturated carbocycles. The third-order valence-corrected chi connectivity index (χ3v) is 7.94. The van der Waals surface area contributed by atoms with E-state index in [1.807, 2.05) is 0 Å². The second-order valence-corrected chi connectivity index (χ2v) is 12.6. The smallest absolute Gasteiger partial charge is 0.412 e. The summed E-state index contributed by atoms with van der Waals surface area (Å²) in [5, 5.41) is 10.1. The molecule has 17 heteroatoms. The summed E-state index contributed by atoms with van der Waals surface area (Å²) in [5.41, 5.74) is -1.35. The molecule has 242 valence electrons. The lowest BCUT2D eigenvalue weighted by Gasteiger charge is -2.31. The van der Waals surface area contributed by atoms with Gasteiger partial charge in [0, 0.05) is 37.6 Å². The lowest BCUT2D eigenvalue weighted by atomic mass is 10.1. The molecule has 4 rings (SSSR count). The van der Waals surface area contributed by atoms with Gasteiger partial charge in [-0.3, -0.25) is 9.69 Å². The fraction of sp³-hybridized carbons (Fsp3) is 0.444. The lowest BCUT2D eigenvalue weighted by Crippen LogP contribution is -2.48. The number of carbonyl (C=O) groups excluding carboxylic acids is 2. The van der Waals surface area contributed by atoms with Crippen molar-refractivity contribution in [2.24, 2.45) is 0 Å². The average molecular weight is 646 g/mol. The van der Waals surface area contributed by atoms with Crippen molar-refractivity contribution in [2.45, 2.75) is 58.3 Å². The van der Waals surface area contributed by atoms with E-state index in [2.05, 4.69) is 0 Å². The van der Waals surface area contributed by atoms with Crippen LogP contribution in [0, 0.1) is 5.82 Å². The monoisotopic (exact) mass is 645 g/mol.